The van der Waals surface area contributed by atoms with E-state index in [1.165, 1.54) is 24.0 Å². The monoisotopic (exact) mass is 374 g/mol. The summed E-state index contributed by atoms with van der Waals surface area (Å²) in [6.07, 6.45) is 3.11. The van der Waals surface area contributed by atoms with Gasteiger partial charge in [0.2, 0.25) is 5.91 Å². The second-order valence-corrected chi connectivity index (χ2v) is 8.09. The van der Waals surface area contributed by atoms with Crippen molar-refractivity contribution in [1.29, 1.82) is 0 Å². The molecule has 0 atom stereocenters. The Morgan fingerprint density at radius 3 is 2.18 bits per heavy atom. The third kappa shape index (κ3) is 4.01. The number of hydrogen-bond donors (Lipinski definition) is 1. The van der Waals surface area contributed by atoms with E-state index in [1.807, 2.05) is 32.9 Å². The van der Waals surface area contributed by atoms with Gasteiger partial charge in [-0.15, -0.1) is 0 Å². The van der Waals surface area contributed by atoms with E-state index >= 15 is 0 Å². The van der Waals surface area contributed by atoms with Crippen molar-refractivity contribution in [3.63, 3.8) is 0 Å². The van der Waals surface area contributed by atoms with Gasteiger partial charge >= 0.3 is 0 Å². The molecule has 1 saturated carbocycles. The summed E-state index contributed by atoms with van der Waals surface area (Å²) in [5, 5.41) is 7.01. The quantitative estimate of drug-likeness (QED) is 0.560. The molecule has 1 fully saturated rings. The van der Waals surface area contributed by atoms with Gasteiger partial charge in [0.1, 0.15) is 11.4 Å². The Morgan fingerprint density at radius 2 is 1.61 bits per heavy atom. The number of hydrogen-bond acceptors (Lipinski definition) is 3. The molecule has 1 heterocycles. The minimum atomic E-state index is -0.0186. The molecule has 1 N–H and O–H groups in total. The number of rotatable bonds is 6. The van der Waals surface area contributed by atoms with Crippen LogP contribution in [0.25, 0.3) is 22.5 Å². The van der Waals surface area contributed by atoms with E-state index in [1.54, 1.807) is 0 Å². The van der Waals surface area contributed by atoms with Crippen LogP contribution in [0.5, 0.6) is 0 Å². The maximum Gasteiger partial charge on any atom is 0.224 e. The molecular formula is C24H26N2O2. The molecule has 0 unspecified atom stereocenters. The van der Waals surface area contributed by atoms with Gasteiger partial charge < -0.3 is 9.84 Å². The van der Waals surface area contributed by atoms with Gasteiger partial charge in [-0.05, 0) is 48.3 Å². The van der Waals surface area contributed by atoms with E-state index in [-0.39, 0.29) is 5.91 Å². The van der Waals surface area contributed by atoms with E-state index in [4.69, 9.17) is 4.52 Å². The fourth-order valence-electron chi connectivity index (χ4n) is 3.45. The van der Waals surface area contributed by atoms with Crippen LogP contribution < -0.4 is 5.32 Å². The summed E-state index contributed by atoms with van der Waals surface area (Å²) in [5.41, 5.74) is 6.06. The van der Waals surface area contributed by atoms with Gasteiger partial charge in [0.05, 0.1) is 0 Å². The van der Waals surface area contributed by atoms with Crippen LogP contribution in [0.15, 0.2) is 53.1 Å². The van der Waals surface area contributed by atoms with Gasteiger partial charge in [0.25, 0.3) is 0 Å². The highest BCUT2D eigenvalue weighted by atomic mass is 16.5. The molecule has 4 rings (SSSR count). The lowest BCUT2D eigenvalue weighted by Gasteiger charge is -2.08. The highest BCUT2D eigenvalue weighted by Crippen LogP contribution is 2.40. The van der Waals surface area contributed by atoms with Gasteiger partial charge in [0.15, 0.2) is 5.76 Å². The highest BCUT2D eigenvalue weighted by Gasteiger charge is 2.23. The normalized spacial score (nSPS) is 13.7. The van der Waals surface area contributed by atoms with Crippen molar-refractivity contribution in [3.8, 4) is 22.5 Å². The number of nitrogens with one attached hydrogen (secondary N) is 1. The molecule has 0 aliphatic heterocycles. The predicted molar refractivity (Wildman–Crippen MR) is 112 cm³/mol. The SMILES string of the molecule is Cc1noc(-c2ccc(-c3ccc(C4CC4)cc3)cc2)c1NC(=O)CC(C)C. The lowest BCUT2D eigenvalue weighted by Crippen LogP contribution is -2.14. The number of benzene rings is 2. The van der Waals surface area contributed by atoms with Crippen LogP contribution in [0.4, 0.5) is 5.69 Å². The summed E-state index contributed by atoms with van der Waals surface area (Å²) < 4.78 is 5.52. The summed E-state index contributed by atoms with van der Waals surface area (Å²) in [6, 6.07) is 17.1. The van der Waals surface area contributed by atoms with Crippen LogP contribution in [0.1, 0.15) is 50.3 Å². The molecule has 1 aliphatic rings. The molecule has 1 aliphatic carbocycles. The zero-order valence-electron chi connectivity index (χ0n) is 16.7. The number of aryl methyl sites for hydroxylation is 1. The van der Waals surface area contributed by atoms with Crippen LogP contribution in [0.3, 0.4) is 0 Å². The van der Waals surface area contributed by atoms with E-state index < -0.39 is 0 Å². The largest absolute Gasteiger partial charge is 0.354 e. The first kappa shape index (κ1) is 18.5. The molecule has 0 radical (unpaired) electrons. The average molecular weight is 374 g/mol. The zero-order valence-corrected chi connectivity index (χ0v) is 16.7. The summed E-state index contributed by atoms with van der Waals surface area (Å²) in [7, 11) is 0. The summed E-state index contributed by atoms with van der Waals surface area (Å²) >= 11 is 0. The van der Waals surface area contributed by atoms with Crippen molar-refractivity contribution < 1.29 is 9.32 Å². The Balaban J connectivity index is 1.54. The highest BCUT2D eigenvalue weighted by molar-refractivity contribution is 5.95. The van der Waals surface area contributed by atoms with E-state index in [0.717, 1.165) is 17.0 Å². The van der Waals surface area contributed by atoms with E-state index in [2.05, 4.69) is 46.9 Å². The molecule has 0 bridgehead atoms. The van der Waals surface area contributed by atoms with Crippen LogP contribution >= 0.6 is 0 Å². The molecular weight excluding hydrogens is 348 g/mol. The molecule has 2 aromatic carbocycles. The first-order chi connectivity index (χ1) is 13.5. The Morgan fingerprint density at radius 1 is 1.04 bits per heavy atom. The Hall–Kier alpha value is -2.88. The molecule has 3 aromatic rings. The Kier molecular flexibility index (Phi) is 5.03. The third-order valence-corrected chi connectivity index (χ3v) is 5.16. The molecule has 144 valence electrons. The second kappa shape index (κ2) is 7.63. The maximum atomic E-state index is 12.2. The zero-order chi connectivity index (χ0) is 19.7. The van der Waals surface area contributed by atoms with Crippen molar-refractivity contribution in [2.75, 3.05) is 5.32 Å². The first-order valence-electron chi connectivity index (χ1n) is 9.98. The molecule has 4 heteroatoms. The fourth-order valence-corrected chi connectivity index (χ4v) is 3.45. The second-order valence-electron chi connectivity index (χ2n) is 8.09. The number of amides is 1. The van der Waals surface area contributed by atoms with Gasteiger partial charge in [-0.1, -0.05) is 67.5 Å². The predicted octanol–water partition coefficient (Wildman–Crippen LogP) is 6.18. The number of aromatic nitrogens is 1. The van der Waals surface area contributed by atoms with E-state index in [0.29, 0.717) is 29.5 Å². The van der Waals surface area contributed by atoms with Crippen molar-refractivity contribution in [2.24, 2.45) is 5.92 Å². The van der Waals surface area contributed by atoms with Crippen molar-refractivity contribution in [2.45, 2.75) is 46.0 Å². The first-order valence-corrected chi connectivity index (χ1v) is 9.98. The third-order valence-electron chi connectivity index (χ3n) is 5.16. The van der Waals surface area contributed by atoms with Gasteiger partial charge in [-0.25, -0.2) is 0 Å². The van der Waals surface area contributed by atoms with Crippen LogP contribution in [0.2, 0.25) is 0 Å². The standard InChI is InChI=1S/C24H26N2O2/c1-15(2)14-22(27)25-23-16(3)26-28-24(23)21-12-10-20(11-13-21)19-8-6-18(7-9-19)17-4-5-17/h6-13,15,17H,4-5,14H2,1-3H3,(H,25,27). The topological polar surface area (TPSA) is 55.1 Å². The van der Waals surface area contributed by atoms with Crippen molar-refractivity contribution in [3.05, 3.63) is 59.8 Å². The fraction of sp³-hybridized carbons (Fsp3) is 0.333. The van der Waals surface area contributed by atoms with Gasteiger partial charge in [-0.2, -0.15) is 0 Å². The smallest absolute Gasteiger partial charge is 0.224 e. The number of anilines is 1. The number of carbonyl (C=O) groups excluding carboxylic acids is 1. The summed E-state index contributed by atoms with van der Waals surface area (Å²) in [6.45, 7) is 5.89. The Labute approximate surface area is 166 Å². The van der Waals surface area contributed by atoms with Crippen LogP contribution in [-0.2, 0) is 4.79 Å². The minimum absolute atomic E-state index is 0.0186. The molecule has 1 amide bonds. The Bertz CT molecular complexity index is 965. The summed E-state index contributed by atoms with van der Waals surface area (Å²) in [5.74, 6) is 1.66. The molecule has 0 saturated heterocycles. The maximum absolute atomic E-state index is 12.2. The lowest BCUT2D eigenvalue weighted by atomic mass is 10.0. The number of carbonyl (C=O) groups is 1. The van der Waals surface area contributed by atoms with Crippen molar-refractivity contribution in [1.82, 2.24) is 5.16 Å². The molecule has 4 nitrogen and oxygen atoms in total. The van der Waals surface area contributed by atoms with Crippen molar-refractivity contribution >= 4 is 11.6 Å². The molecule has 1 aromatic heterocycles. The summed E-state index contributed by atoms with van der Waals surface area (Å²) in [4.78, 5) is 12.2. The van der Waals surface area contributed by atoms with Gasteiger partial charge in [0, 0.05) is 12.0 Å². The molecule has 28 heavy (non-hydrogen) atoms. The van der Waals surface area contributed by atoms with Gasteiger partial charge in [-0.3, -0.25) is 4.79 Å². The van der Waals surface area contributed by atoms with Crippen LogP contribution in [0, 0.1) is 12.8 Å². The number of nitrogens with zero attached hydrogens (tertiary/aromatic N) is 1. The van der Waals surface area contributed by atoms with Crippen LogP contribution in [-0.4, -0.2) is 11.1 Å². The van der Waals surface area contributed by atoms with E-state index in [9.17, 15) is 4.79 Å². The lowest BCUT2D eigenvalue weighted by molar-refractivity contribution is -0.116. The average Bonchev–Trinajstić information content (AvgIpc) is 3.47. The minimum Gasteiger partial charge on any atom is -0.354 e. The molecule has 0 spiro atoms.